The molecule has 168 valence electrons. The molecule has 7 heteroatoms. The van der Waals surface area contributed by atoms with E-state index in [1.54, 1.807) is 17.0 Å². The highest BCUT2D eigenvalue weighted by Crippen LogP contribution is 2.41. The lowest BCUT2D eigenvalue weighted by Gasteiger charge is -2.38. The quantitative estimate of drug-likeness (QED) is 0.458. The monoisotopic (exact) mass is 435 g/mol. The molecule has 1 heterocycles. The molecule has 2 atom stereocenters. The van der Waals surface area contributed by atoms with Crippen LogP contribution < -0.4 is 0 Å². The van der Waals surface area contributed by atoms with E-state index in [1.807, 2.05) is 32.9 Å². The van der Waals surface area contributed by atoms with Crippen molar-refractivity contribution >= 4 is 20.4 Å². The molecule has 30 heavy (non-hydrogen) atoms. The first-order valence-corrected chi connectivity index (χ1v) is 13.4. The van der Waals surface area contributed by atoms with Crippen LogP contribution in [-0.4, -0.2) is 50.6 Å². The summed E-state index contributed by atoms with van der Waals surface area (Å²) in [5.41, 5.74) is 0.862. The second kappa shape index (κ2) is 8.71. The number of hydrogen-bond acceptors (Lipinski definition) is 5. The van der Waals surface area contributed by atoms with Crippen LogP contribution in [0.5, 0.6) is 0 Å². The molecule has 1 amide bonds. The third-order valence-corrected chi connectivity index (χ3v) is 10.4. The van der Waals surface area contributed by atoms with E-state index in [9.17, 15) is 9.59 Å². The molecular weight excluding hydrogens is 398 g/mol. The van der Waals surface area contributed by atoms with Gasteiger partial charge in [0, 0.05) is 6.54 Å². The molecule has 1 aliphatic heterocycles. The molecule has 2 rings (SSSR count). The van der Waals surface area contributed by atoms with Crippen LogP contribution in [0.2, 0.25) is 18.1 Å². The highest BCUT2D eigenvalue weighted by molar-refractivity contribution is 6.74. The van der Waals surface area contributed by atoms with Crippen molar-refractivity contribution in [3.8, 4) is 0 Å². The number of nitrogens with zero attached hydrogens (tertiary/aromatic N) is 1. The second-order valence-electron chi connectivity index (χ2n) is 10.5. The van der Waals surface area contributed by atoms with Crippen molar-refractivity contribution in [2.45, 2.75) is 83.8 Å². The van der Waals surface area contributed by atoms with Crippen molar-refractivity contribution in [2.24, 2.45) is 0 Å². The predicted molar refractivity (Wildman–Crippen MR) is 120 cm³/mol. The third-order valence-electron chi connectivity index (χ3n) is 5.87. The summed E-state index contributed by atoms with van der Waals surface area (Å²) >= 11 is 0. The van der Waals surface area contributed by atoms with E-state index in [2.05, 4.69) is 33.9 Å². The summed E-state index contributed by atoms with van der Waals surface area (Å²) in [6.45, 7) is 17.2. The second-order valence-corrected chi connectivity index (χ2v) is 15.3. The van der Waals surface area contributed by atoms with Crippen LogP contribution in [-0.2, 0) is 13.9 Å². The zero-order valence-corrected chi connectivity index (χ0v) is 20.9. The van der Waals surface area contributed by atoms with Crippen molar-refractivity contribution in [3.05, 3.63) is 35.4 Å². The Morgan fingerprint density at radius 1 is 1.03 bits per heavy atom. The van der Waals surface area contributed by atoms with E-state index in [0.717, 1.165) is 5.56 Å². The Balaban J connectivity index is 2.29. The van der Waals surface area contributed by atoms with Gasteiger partial charge in [-0.25, -0.2) is 9.59 Å². The van der Waals surface area contributed by atoms with Gasteiger partial charge in [-0.05, 0) is 63.0 Å². The number of rotatable bonds is 4. The fourth-order valence-corrected chi connectivity index (χ4v) is 4.63. The van der Waals surface area contributed by atoms with Gasteiger partial charge in [0.15, 0.2) is 8.32 Å². The molecule has 6 nitrogen and oxygen atoms in total. The maximum atomic E-state index is 13.0. The number of benzene rings is 1. The largest absolute Gasteiger partial charge is 0.465 e. The summed E-state index contributed by atoms with van der Waals surface area (Å²) in [6.07, 6.45) is 0.304. The van der Waals surface area contributed by atoms with Gasteiger partial charge in [-0.3, -0.25) is 4.90 Å². The van der Waals surface area contributed by atoms with Gasteiger partial charge in [0.05, 0.1) is 24.8 Å². The molecule has 1 fully saturated rings. The third kappa shape index (κ3) is 5.85. The molecule has 1 saturated heterocycles. The number of carbonyl (C=O) groups excluding carboxylic acids is 2. The van der Waals surface area contributed by atoms with Crippen LogP contribution in [0, 0.1) is 0 Å². The topological polar surface area (TPSA) is 65.1 Å². The van der Waals surface area contributed by atoms with E-state index in [1.165, 1.54) is 7.11 Å². The molecule has 1 aromatic rings. The minimum Gasteiger partial charge on any atom is -0.465 e. The number of ether oxygens (including phenoxy) is 2. The van der Waals surface area contributed by atoms with Gasteiger partial charge < -0.3 is 13.9 Å². The van der Waals surface area contributed by atoms with Crippen LogP contribution >= 0.6 is 0 Å². The van der Waals surface area contributed by atoms with E-state index < -0.39 is 13.9 Å². The van der Waals surface area contributed by atoms with Gasteiger partial charge in [-0.1, -0.05) is 32.9 Å². The Kier molecular flexibility index (Phi) is 7.09. The molecule has 0 unspecified atom stereocenters. The first kappa shape index (κ1) is 24.4. The van der Waals surface area contributed by atoms with Gasteiger partial charge in [-0.15, -0.1) is 0 Å². The van der Waals surface area contributed by atoms with Crippen LogP contribution in [0.15, 0.2) is 24.3 Å². The lowest BCUT2D eigenvalue weighted by atomic mass is 10.0. The standard InChI is InChI=1S/C23H37NO5Si/c1-22(2,3)28-21(26)24-15-18(29-30(8,9)23(4,5)6)14-19(24)16-10-12-17(13-11-16)20(25)27-7/h10-13,18-19H,14-15H2,1-9H3/t18-,19-/m1/s1. The Bertz CT molecular complexity index is 761. The lowest BCUT2D eigenvalue weighted by Crippen LogP contribution is -2.45. The maximum absolute atomic E-state index is 13.0. The Hall–Kier alpha value is -1.86. The van der Waals surface area contributed by atoms with Crippen LogP contribution in [0.4, 0.5) is 4.79 Å². The van der Waals surface area contributed by atoms with Crippen molar-refractivity contribution in [1.29, 1.82) is 0 Å². The predicted octanol–water partition coefficient (Wildman–Crippen LogP) is 5.55. The first-order valence-electron chi connectivity index (χ1n) is 10.5. The lowest BCUT2D eigenvalue weighted by molar-refractivity contribution is 0.0208. The number of hydrogen-bond donors (Lipinski definition) is 0. The Morgan fingerprint density at radius 3 is 2.07 bits per heavy atom. The zero-order chi connectivity index (χ0) is 22.9. The summed E-state index contributed by atoms with van der Waals surface area (Å²) in [6, 6.07) is 7.06. The van der Waals surface area contributed by atoms with Crippen molar-refractivity contribution < 1.29 is 23.5 Å². The molecule has 0 aromatic heterocycles. The van der Waals surface area contributed by atoms with Gasteiger partial charge in [0.1, 0.15) is 5.60 Å². The van der Waals surface area contributed by atoms with E-state index in [0.29, 0.717) is 18.5 Å². The molecule has 0 aliphatic carbocycles. The van der Waals surface area contributed by atoms with E-state index in [4.69, 9.17) is 13.9 Å². The molecular formula is C23H37NO5Si. The van der Waals surface area contributed by atoms with Crippen LogP contribution in [0.3, 0.4) is 0 Å². The summed E-state index contributed by atoms with van der Waals surface area (Å²) in [7, 11) is -0.619. The summed E-state index contributed by atoms with van der Waals surface area (Å²) < 4.78 is 17.1. The summed E-state index contributed by atoms with van der Waals surface area (Å²) in [5.74, 6) is -0.379. The molecule has 0 radical (unpaired) electrons. The van der Waals surface area contributed by atoms with E-state index >= 15 is 0 Å². The van der Waals surface area contributed by atoms with Gasteiger partial charge in [0.25, 0.3) is 0 Å². The number of esters is 1. The van der Waals surface area contributed by atoms with Crippen LogP contribution in [0.25, 0.3) is 0 Å². The number of methoxy groups -OCH3 is 1. The Labute approximate surface area is 182 Å². The minimum atomic E-state index is -1.98. The fraction of sp³-hybridized carbons (Fsp3) is 0.652. The molecule has 1 aromatic carbocycles. The van der Waals surface area contributed by atoms with Crippen LogP contribution in [0.1, 0.15) is 69.9 Å². The number of amides is 1. The average molecular weight is 436 g/mol. The molecule has 1 aliphatic rings. The van der Waals surface area contributed by atoms with Crippen molar-refractivity contribution in [3.63, 3.8) is 0 Å². The minimum absolute atomic E-state index is 0.0521. The first-order chi connectivity index (χ1) is 13.6. The molecule has 0 spiro atoms. The fourth-order valence-electron chi connectivity index (χ4n) is 3.27. The van der Waals surface area contributed by atoms with Gasteiger partial charge in [0.2, 0.25) is 0 Å². The van der Waals surface area contributed by atoms with E-state index in [-0.39, 0.29) is 29.2 Å². The normalized spacial score (nSPS) is 20.2. The molecule has 0 bridgehead atoms. The average Bonchev–Trinajstić information content (AvgIpc) is 3.02. The number of likely N-dealkylation sites (tertiary alicyclic amines) is 1. The summed E-state index contributed by atoms with van der Waals surface area (Å²) in [5, 5.41) is 0.0873. The molecule has 0 saturated carbocycles. The number of carbonyl (C=O) groups is 2. The Morgan fingerprint density at radius 2 is 1.60 bits per heavy atom. The van der Waals surface area contributed by atoms with Crippen molar-refractivity contribution in [2.75, 3.05) is 13.7 Å². The summed E-state index contributed by atoms with van der Waals surface area (Å²) in [4.78, 5) is 26.5. The highest BCUT2D eigenvalue weighted by Gasteiger charge is 2.44. The molecule has 0 N–H and O–H groups in total. The SMILES string of the molecule is COC(=O)c1ccc([C@H]2C[C@@H](O[Si](C)(C)C(C)(C)C)CN2C(=O)OC(C)(C)C)cc1. The van der Waals surface area contributed by atoms with Crippen molar-refractivity contribution in [1.82, 2.24) is 4.90 Å². The maximum Gasteiger partial charge on any atom is 0.410 e. The zero-order valence-electron chi connectivity index (χ0n) is 19.9. The smallest absolute Gasteiger partial charge is 0.410 e. The highest BCUT2D eigenvalue weighted by atomic mass is 28.4. The van der Waals surface area contributed by atoms with Gasteiger partial charge in [-0.2, -0.15) is 0 Å². The van der Waals surface area contributed by atoms with Gasteiger partial charge >= 0.3 is 12.1 Å².